The predicted molar refractivity (Wildman–Crippen MR) is 107 cm³/mol. The Morgan fingerprint density at radius 3 is 2.48 bits per heavy atom. The van der Waals surface area contributed by atoms with E-state index in [1.807, 2.05) is 12.1 Å². The van der Waals surface area contributed by atoms with E-state index in [4.69, 9.17) is 0 Å². The molecule has 0 aliphatic carbocycles. The first-order chi connectivity index (χ1) is 11.3. The molecule has 5 nitrogen and oxygen atoms in total. The number of anilines is 1. The standard InChI is InChI=1S/C18H28N4O.2ClH/c1-2-11-22(16-7-9-19-10-8-16)18(23)15-5-6-17(20-14-15)21-12-3-4-13-21;;/h5-6,14,16,19H,2-4,7-13H2,1H3;2*1H. The maximum Gasteiger partial charge on any atom is 0.255 e. The fourth-order valence-corrected chi connectivity index (χ4v) is 3.62. The van der Waals surface area contributed by atoms with Gasteiger partial charge >= 0.3 is 0 Å². The number of halogens is 2. The van der Waals surface area contributed by atoms with Gasteiger partial charge in [-0.3, -0.25) is 4.79 Å². The summed E-state index contributed by atoms with van der Waals surface area (Å²) in [6.45, 7) is 7.14. The molecule has 3 heterocycles. The van der Waals surface area contributed by atoms with E-state index in [9.17, 15) is 4.79 Å². The van der Waals surface area contributed by atoms with Gasteiger partial charge in [0, 0.05) is 31.9 Å². The van der Waals surface area contributed by atoms with Gasteiger partial charge in [-0.1, -0.05) is 6.92 Å². The second-order valence-electron chi connectivity index (χ2n) is 6.58. The van der Waals surface area contributed by atoms with Crippen LogP contribution in [0.3, 0.4) is 0 Å². The van der Waals surface area contributed by atoms with E-state index in [-0.39, 0.29) is 30.7 Å². The SMILES string of the molecule is CCCN(C(=O)c1ccc(N2CCCC2)nc1)C1CCNCC1.Cl.Cl. The van der Waals surface area contributed by atoms with E-state index < -0.39 is 0 Å². The quantitative estimate of drug-likeness (QED) is 0.841. The molecule has 0 spiro atoms. The number of carbonyl (C=O) groups is 1. The van der Waals surface area contributed by atoms with Gasteiger partial charge in [-0.2, -0.15) is 0 Å². The summed E-state index contributed by atoms with van der Waals surface area (Å²) in [6.07, 6.45) is 7.33. The third kappa shape index (κ3) is 5.47. The molecule has 1 aromatic heterocycles. The minimum Gasteiger partial charge on any atom is -0.357 e. The van der Waals surface area contributed by atoms with Crippen LogP contribution in [0.1, 0.15) is 49.4 Å². The lowest BCUT2D eigenvalue weighted by Crippen LogP contribution is -2.46. The number of nitrogens with zero attached hydrogens (tertiary/aromatic N) is 3. The summed E-state index contributed by atoms with van der Waals surface area (Å²) in [5, 5.41) is 3.37. The molecule has 0 radical (unpaired) electrons. The van der Waals surface area contributed by atoms with Gasteiger partial charge in [0.1, 0.15) is 5.82 Å². The van der Waals surface area contributed by atoms with Gasteiger partial charge in [0.25, 0.3) is 5.91 Å². The summed E-state index contributed by atoms with van der Waals surface area (Å²) in [6, 6.07) is 4.32. The fourth-order valence-electron chi connectivity index (χ4n) is 3.62. The van der Waals surface area contributed by atoms with Gasteiger partial charge in [-0.05, 0) is 57.3 Å². The third-order valence-corrected chi connectivity index (χ3v) is 4.90. The van der Waals surface area contributed by atoms with Crippen LogP contribution in [0.15, 0.2) is 18.3 Å². The van der Waals surface area contributed by atoms with Crippen LogP contribution in [0.25, 0.3) is 0 Å². The van der Waals surface area contributed by atoms with Crippen LogP contribution >= 0.6 is 24.8 Å². The molecule has 1 aromatic rings. The van der Waals surface area contributed by atoms with Crippen molar-refractivity contribution in [2.75, 3.05) is 37.6 Å². The van der Waals surface area contributed by atoms with Gasteiger partial charge in [0.05, 0.1) is 5.56 Å². The predicted octanol–water partition coefficient (Wildman–Crippen LogP) is 3.13. The molecule has 3 rings (SSSR count). The second-order valence-corrected chi connectivity index (χ2v) is 6.58. The lowest BCUT2D eigenvalue weighted by molar-refractivity contribution is 0.0642. The largest absolute Gasteiger partial charge is 0.357 e. The van der Waals surface area contributed by atoms with Gasteiger partial charge < -0.3 is 15.1 Å². The summed E-state index contributed by atoms with van der Waals surface area (Å²) in [7, 11) is 0. The van der Waals surface area contributed by atoms with Gasteiger partial charge in [0.2, 0.25) is 0 Å². The molecule has 2 fully saturated rings. The lowest BCUT2D eigenvalue weighted by atomic mass is 10.0. The number of hydrogen-bond donors (Lipinski definition) is 1. The molecule has 0 unspecified atom stereocenters. The van der Waals surface area contributed by atoms with Crippen LogP contribution < -0.4 is 10.2 Å². The molecule has 2 saturated heterocycles. The molecule has 7 heteroatoms. The number of amides is 1. The highest BCUT2D eigenvalue weighted by Crippen LogP contribution is 2.20. The molecule has 1 amide bonds. The van der Waals surface area contributed by atoms with Crippen LogP contribution in [0, 0.1) is 0 Å². The van der Waals surface area contributed by atoms with E-state index in [1.54, 1.807) is 6.20 Å². The van der Waals surface area contributed by atoms with Crippen LogP contribution in [0.5, 0.6) is 0 Å². The maximum atomic E-state index is 12.9. The Morgan fingerprint density at radius 2 is 1.92 bits per heavy atom. The summed E-state index contributed by atoms with van der Waals surface area (Å²) >= 11 is 0. The number of carbonyl (C=O) groups excluding carboxylic acids is 1. The molecule has 25 heavy (non-hydrogen) atoms. The summed E-state index contributed by atoms with van der Waals surface area (Å²) in [4.78, 5) is 21.8. The van der Waals surface area contributed by atoms with E-state index in [2.05, 4.69) is 27.0 Å². The van der Waals surface area contributed by atoms with Gasteiger partial charge in [-0.15, -0.1) is 24.8 Å². The van der Waals surface area contributed by atoms with E-state index in [0.717, 1.165) is 63.4 Å². The number of piperidine rings is 1. The zero-order valence-electron chi connectivity index (χ0n) is 14.9. The molecule has 142 valence electrons. The molecule has 0 bridgehead atoms. The number of pyridine rings is 1. The molecule has 0 atom stereocenters. The molecule has 1 N–H and O–H groups in total. The number of nitrogens with one attached hydrogen (secondary N) is 1. The van der Waals surface area contributed by atoms with Crippen molar-refractivity contribution in [3.05, 3.63) is 23.9 Å². The zero-order valence-corrected chi connectivity index (χ0v) is 16.6. The Bertz CT molecular complexity index is 514. The van der Waals surface area contributed by atoms with Crippen molar-refractivity contribution in [2.45, 2.75) is 45.1 Å². The van der Waals surface area contributed by atoms with Crippen molar-refractivity contribution in [2.24, 2.45) is 0 Å². The lowest BCUT2D eigenvalue weighted by Gasteiger charge is -2.34. The molecule has 2 aliphatic rings. The van der Waals surface area contributed by atoms with E-state index >= 15 is 0 Å². The fraction of sp³-hybridized carbons (Fsp3) is 0.667. The van der Waals surface area contributed by atoms with E-state index in [1.165, 1.54) is 12.8 Å². The first-order valence-electron chi connectivity index (χ1n) is 9.02. The third-order valence-electron chi connectivity index (χ3n) is 4.90. The highest BCUT2D eigenvalue weighted by atomic mass is 35.5. The van der Waals surface area contributed by atoms with Crippen molar-refractivity contribution in [1.29, 1.82) is 0 Å². The summed E-state index contributed by atoms with van der Waals surface area (Å²) < 4.78 is 0. The van der Waals surface area contributed by atoms with Gasteiger partial charge in [0.15, 0.2) is 0 Å². The average Bonchev–Trinajstić information content (AvgIpc) is 3.15. The van der Waals surface area contributed by atoms with Crippen molar-refractivity contribution >= 4 is 36.5 Å². The van der Waals surface area contributed by atoms with Crippen LogP contribution in [-0.2, 0) is 0 Å². The van der Waals surface area contributed by atoms with Crippen LogP contribution in [0.2, 0.25) is 0 Å². The number of hydrogen-bond acceptors (Lipinski definition) is 4. The van der Waals surface area contributed by atoms with Gasteiger partial charge in [-0.25, -0.2) is 4.98 Å². The van der Waals surface area contributed by atoms with Crippen molar-refractivity contribution in [3.8, 4) is 0 Å². The number of aromatic nitrogens is 1. The topological polar surface area (TPSA) is 48.5 Å². The minimum absolute atomic E-state index is 0. The average molecular weight is 389 g/mol. The second kappa shape index (κ2) is 10.8. The molecule has 2 aliphatic heterocycles. The van der Waals surface area contributed by atoms with E-state index in [0.29, 0.717) is 6.04 Å². The Morgan fingerprint density at radius 1 is 1.24 bits per heavy atom. The number of rotatable bonds is 5. The van der Waals surface area contributed by atoms with Crippen LogP contribution in [-0.4, -0.2) is 54.6 Å². The smallest absolute Gasteiger partial charge is 0.255 e. The zero-order chi connectivity index (χ0) is 16.1. The van der Waals surface area contributed by atoms with Crippen molar-refractivity contribution in [1.82, 2.24) is 15.2 Å². The highest BCUT2D eigenvalue weighted by Gasteiger charge is 2.26. The Hall–Kier alpha value is -1.04. The minimum atomic E-state index is 0. The Kier molecular flexibility index (Phi) is 9.54. The normalized spacial score (nSPS) is 17.6. The van der Waals surface area contributed by atoms with Crippen LogP contribution in [0.4, 0.5) is 5.82 Å². The van der Waals surface area contributed by atoms with Crippen molar-refractivity contribution < 1.29 is 4.79 Å². The summed E-state index contributed by atoms with van der Waals surface area (Å²) in [5.74, 6) is 1.14. The molecular formula is C18H30Cl2N4O. The first kappa shape index (κ1) is 22.0. The molecular weight excluding hydrogens is 359 g/mol. The Labute approximate surface area is 163 Å². The highest BCUT2D eigenvalue weighted by molar-refractivity contribution is 5.94. The monoisotopic (exact) mass is 388 g/mol. The molecule has 0 saturated carbocycles. The van der Waals surface area contributed by atoms with Crippen molar-refractivity contribution in [3.63, 3.8) is 0 Å². The Balaban J connectivity index is 0.00000156. The summed E-state index contributed by atoms with van der Waals surface area (Å²) in [5.41, 5.74) is 0.722. The molecule has 0 aromatic carbocycles. The first-order valence-corrected chi connectivity index (χ1v) is 9.02. The maximum absolute atomic E-state index is 12.9.